The number of carbonyl (C=O) groups is 2. The van der Waals surface area contributed by atoms with Crippen LogP contribution >= 0.6 is 0 Å². The Balaban J connectivity index is 1.98. The summed E-state index contributed by atoms with van der Waals surface area (Å²) >= 11 is 0. The van der Waals surface area contributed by atoms with Crippen LogP contribution < -0.4 is 10.6 Å². The first-order chi connectivity index (χ1) is 9.84. The smallest absolute Gasteiger partial charge is 0.323 e. The molecule has 0 heterocycles. The maximum atomic E-state index is 12.0. The zero-order valence-electron chi connectivity index (χ0n) is 12.7. The van der Waals surface area contributed by atoms with E-state index in [-0.39, 0.29) is 12.5 Å². The van der Waals surface area contributed by atoms with Gasteiger partial charge in [0.05, 0.1) is 6.54 Å². The molecule has 0 radical (unpaired) electrons. The fourth-order valence-electron chi connectivity index (χ4n) is 2.81. The third kappa shape index (κ3) is 3.24. The molecule has 0 spiro atoms. The summed E-state index contributed by atoms with van der Waals surface area (Å²) in [5, 5.41) is 15.0. The van der Waals surface area contributed by atoms with Crippen molar-refractivity contribution in [1.82, 2.24) is 5.32 Å². The minimum atomic E-state index is -0.908. The van der Waals surface area contributed by atoms with Crippen LogP contribution in [0.3, 0.4) is 0 Å². The minimum absolute atomic E-state index is 0.0130. The first-order valence-corrected chi connectivity index (χ1v) is 7.20. The molecule has 0 saturated heterocycles. The summed E-state index contributed by atoms with van der Waals surface area (Å²) in [5.74, 6) is -1.08. The van der Waals surface area contributed by atoms with Crippen molar-refractivity contribution in [3.05, 3.63) is 28.8 Å². The number of anilines is 1. The van der Waals surface area contributed by atoms with Crippen LogP contribution in [-0.4, -0.2) is 29.1 Å². The summed E-state index contributed by atoms with van der Waals surface area (Å²) < 4.78 is 0. The molecule has 1 aliphatic carbocycles. The molecular formula is C16H22N2O3. The lowest BCUT2D eigenvalue weighted by Crippen LogP contribution is -2.58. The van der Waals surface area contributed by atoms with Crippen LogP contribution in [0.25, 0.3) is 0 Å². The highest BCUT2D eigenvalue weighted by Gasteiger charge is 2.44. The Bertz CT molecular complexity index is 554. The largest absolute Gasteiger partial charge is 0.480 e. The predicted molar refractivity (Wildman–Crippen MR) is 81.5 cm³/mol. The molecule has 1 aliphatic rings. The molecule has 21 heavy (non-hydrogen) atoms. The highest BCUT2D eigenvalue weighted by atomic mass is 16.4. The molecule has 0 atom stereocenters. The fourth-order valence-corrected chi connectivity index (χ4v) is 2.81. The molecule has 2 rings (SSSR count). The van der Waals surface area contributed by atoms with Crippen LogP contribution in [0, 0.1) is 20.8 Å². The van der Waals surface area contributed by atoms with Gasteiger partial charge >= 0.3 is 5.97 Å². The number of hydrogen-bond acceptors (Lipinski definition) is 3. The third-order valence-electron chi connectivity index (χ3n) is 4.15. The van der Waals surface area contributed by atoms with Gasteiger partial charge in [-0.25, -0.2) is 0 Å². The van der Waals surface area contributed by atoms with E-state index in [4.69, 9.17) is 0 Å². The number of carboxylic acids is 1. The molecule has 1 aromatic carbocycles. The summed E-state index contributed by atoms with van der Waals surface area (Å²) in [4.78, 5) is 23.3. The van der Waals surface area contributed by atoms with Crippen molar-refractivity contribution >= 4 is 17.6 Å². The van der Waals surface area contributed by atoms with Crippen molar-refractivity contribution in [2.45, 2.75) is 45.6 Å². The molecule has 3 N–H and O–H groups in total. The normalized spacial score (nSPS) is 16.1. The van der Waals surface area contributed by atoms with Crippen LogP contribution in [0.5, 0.6) is 0 Å². The lowest BCUT2D eigenvalue weighted by atomic mass is 9.77. The van der Waals surface area contributed by atoms with Gasteiger partial charge in [0.15, 0.2) is 0 Å². The lowest BCUT2D eigenvalue weighted by Gasteiger charge is -2.38. The average molecular weight is 290 g/mol. The molecule has 114 valence electrons. The summed E-state index contributed by atoms with van der Waals surface area (Å²) in [7, 11) is 0. The summed E-state index contributed by atoms with van der Waals surface area (Å²) in [6.45, 7) is 5.93. The Morgan fingerprint density at radius 3 is 2.19 bits per heavy atom. The van der Waals surface area contributed by atoms with E-state index in [0.717, 1.165) is 28.8 Å². The second-order valence-electron chi connectivity index (χ2n) is 5.92. The first kappa shape index (κ1) is 15.5. The van der Waals surface area contributed by atoms with Crippen molar-refractivity contribution in [2.75, 3.05) is 11.9 Å². The van der Waals surface area contributed by atoms with E-state index < -0.39 is 11.5 Å². The Morgan fingerprint density at radius 2 is 1.76 bits per heavy atom. The van der Waals surface area contributed by atoms with Crippen LogP contribution in [-0.2, 0) is 9.59 Å². The molecular weight excluding hydrogens is 268 g/mol. The molecule has 5 nitrogen and oxygen atoms in total. The molecule has 1 saturated carbocycles. The van der Waals surface area contributed by atoms with Crippen LogP contribution in [0.1, 0.15) is 36.0 Å². The van der Waals surface area contributed by atoms with Gasteiger partial charge in [0.2, 0.25) is 5.91 Å². The summed E-state index contributed by atoms with van der Waals surface area (Å²) in [5.41, 5.74) is 3.08. The van der Waals surface area contributed by atoms with Crippen LogP contribution in [0.2, 0.25) is 0 Å². The maximum absolute atomic E-state index is 12.0. The molecule has 0 unspecified atom stereocenters. The fraction of sp³-hybridized carbons (Fsp3) is 0.500. The number of nitrogens with one attached hydrogen (secondary N) is 2. The number of rotatable bonds is 5. The van der Waals surface area contributed by atoms with Gasteiger partial charge in [-0.15, -0.1) is 0 Å². The highest BCUT2D eigenvalue weighted by molar-refractivity contribution is 5.94. The van der Waals surface area contributed by atoms with E-state index in [0.29, 0.717) is 12.8 Å². The Morgan fingerprint density at radius 1 is 1.19 bits per heavy atom. The van der Waals surface area contributed by atoms with Crippen molar-refractivity contribution < 1.29 is 14.7 Å². The number of aliphatic carboxylic acids is 1. The van der Waals surface area contributed by atoms with Crippen molar-refractivity contribution in [3.8, 4) is 0 Å². The van der Waals surface area contributed by atoms with Crippen molar-refractivity contribution in [1.29, 1.82) is 0 Å². The van der Waals surface area contributed by atoms with Crippen LogP contribution in [0.4, 0.5) is 5.69 Å². The lowest BCUT2D eigenvalue weighted by molar-refractivity contribution is -0.148. The predicted octanol–water partition coefficient (Wildman–Crippen LogP) is 2.15. The zero-order valence-corrected chi connectivity index (χ0v) is 12.7. The van der Waals surface area contributed by atoms with E-state index in [1.165, 1.54) is 0 Å². The van der Waals surface area contributed by atoms with Gasteiger partial charge in [-0.3, -0.25) is 14.9 Å². The van der Waals surface area contributed by atoms with Crippen LogP contribution in [0.15, 0.2) is 12.1 Å². The first-order valence-electron chi connectivity index (χ1n) is 7.20. The summed E-state index contributed by atoms with van der Waals surface area (Å²) in [6, 6.07) is 4.03. The zero-order chi connectivity index (χ0) is 15.6. The van der Waals surface area contributed by atoms with Crippen molar-refractivity contribution in [2.24, 2.45) is 0 Å². The molecule has 1 fully saturated rings. The van der Waals surface area contributed by atoms with Gasteiger partial charge in [0.1, 0.15) is 5.54 Å². The van der Waals surface area contributed by atoms with Gasteiger partial charge in [-0.2, -0.15) is 0 Å². The van der Waals surface area contributed by atoms with E-state index >= 15 is 0 Å². The summed E-state index contributed by atoms with van der Waals surface area (Å²) in [6.07, 6.45) is 2.05. The molecule has 1 amide bonds. The van der Waals surface area contributed by atoms with Gasteiger partial charge in [0, 0.05) is 5.69 Å². The molecule has 5 heteroatoms. The second-order valence-corrected chi connectivity index (χ2v) is 5.92. The van der Waals surface area contributed by atoms with Gasteiger partial charge < -0.3 is 10.4 Å². The molecule has 0 aromatic heterocycles. The van der Waals surface area contributed by atoms with E-state index in [9.17, 15) is 14.7 Å². The minimum Gasteiger partial charge on any atom is -0.480 e. The van der Waals surface area contributed by atoms with E-state index in [1.54, 1.807) is 0 Å². The standard InChI is InChI=1S/C16H22N2O3/c1-10-7-11(2)14(12(3)8-10)18-13(19)9-17-16(15(20)21)5-4-6-16/h7-8,17H,4-6,9H2,1-3H3,(H,18,19)(H,20,21). The maximum Gasteiger partial charge on any atom is 0.323 e. The number of hydrogen-bond donors (Lipinski definition) is 3. The van der Waals surface area contributed by atoms with Gasteiger partial charge in [0.25, 0.3) is 0 Å². The molecule has 0 aliphatic heterocycles. The number of benzene rings is 1. The number of carbonyl (C=O) groups excluding carboxylic acids is 1. The number of carboxylic acid groups (broad SMARTS) is 1. The Hall–Kier alpha value is -1.88. The number of amides is 1. The third-order valence-corrected chi connectivity index (χ3v) is 4.15. The Labute approximate surface area is 124 Å². The Kier molecular flexibility index (Phi) is 4.32. The van der Waals surface area contributed by atoms with E-state index in [1.807, 2.05) is 32.9 Å². The van der Waals surface area contributed by atoms with Gasteiger partial charge in [-0.05, 0) is 51.2 Å². The van der Waals surface area contributed by atoms with E-state index in [2.05, 4.69) is 10.6 Å². The average Bonchev–Trinajstić information content (AvgIpc) is 2.31. The van der Waals surface area contributed by atoms with Gasteiger partial charge in [-0.1, -0.05) is 17.7 Å². The molecule has 1 aromatic rings. The second kappa shape index (κ2) is 5.85. The molecule has 0 bridgehead atoms. The highest BCUT2D eigenvalue weighted by Crippen LogP contribution is 2.31. The number of aryl methyl sites for hydroxylation is 3. The topological polar surface area (TPSA) is 78.4 Å². The SMILES string of the molecule is Cc1cc(C)c(NC(=O)CNC2(C(=O)O)CCC2)c(C)c1. The van der Waals surface area contributed by atoms with Crippen molar-refractivity contribution in [3.63, 3.8) is 0 Å². The quantitative estimate of drug-likeness (QED) is 0.776. The monoisotopic (exact) mass is 290 g/mol.